The van der Waals surface area contributed by atoms with Crippen molar-refractivity contribution in [3.8, 4) is 0 Å². The van der Waals surface area contributed by atoms with Gasteiger partial charge in [-0.2, -0.15) is 0 Å². The number of hydrogen-bond donors (Lipinski definition) is 3. The van der Waals surface area contributed by atoms with Crippen molar-refractivity contribution >= 4 is 11.7 Å². The lowest BCUT2D eigenvalue weighted by molar-refractivity contribution is -0.168. The molecule has 3 rings (SSSR count). The summed E-state index contributed by atoms with van der Waals surface area (Å²) in [5.74, 6) is -0.915. The third-order valence-electron chi connectivity index (χ3n) is 4.89. The third kappa shape index (κ3) is 3.65. The third-order valence-corrected chi connectivity index (χ3v) is 4.89. The number of para-hydroxylation sites is 1. The van der Waals surface area contributed by atoms with E-state index >= 15 is 0 Å². The lowest BCUT2D eigenvalue weighted by Crippen LogP contribution is -2.56. The Balaban J connectivity index is 1.58. The van der Waals surface area contributed by atoms with Crippen LogP contribution in [-0.4, -0.2) is 59.2 Å². The largest absolute Gasteiger partial charge is 0.478 e. The van der Waals surface area contributed by atoms with Crippen molar-refractivity contribution in [2.75, 3.05) is 31.6 Å². The van der Waals surface area contributed by atoms with Gasteiger partial charge in [0, 0.05) is 37.7 Å². The van der Waals surface area contributed by atoms with E-state index in [1.165, 1.54) is 0 Å². The summed E-state index contributed by atoms with van der Waals surface area (Å²) in [5.41, 5.74) is 0.239. The average molecular weight is 320 g/mol. The van der Waals surface area contributed by atoms with E-state index in [0.717, 1.165) is 25.9 Å². The van der Waals surface area contributed by atoms with Crippen LogP contribution in [-0.2, 0) is 4.74 Å². The van der Waals surface area contributed by atoms with E-state index in [2.05, 4.69) is 10.2 Å². The Hall–Kier alpha value is -1.63. The van der Waals surface area contributed by atoms with Gasteiger partial charge >= 0.3 is 5.97 Å². The van der Waals surface area contributed by atoms with Crippen molar-refractivity contribution in [1.82, 2.24) is 4.90 Å². The fraction of sp³-hybridized carbons (Fsp3) is 0.588. The molecule has 0 spiro atoms. The highest BCUT2D eigenvalue weighted by Gasteiger charge is 2.38. The number of ether oxygens (including phenoxy) is 1. The van der Waals surface area contributed by atoms with Crippen molar-refractivity contribution in [1.29, 1.82) is 0 Å². The van der Waals surface area contributed by atoms with Crippen LogP contribution in [0.25, 0.3) is 0 Å². The van der Waals surface area contributed by atoms with E-state index in [9.17, 15) is 15.0 Å². The topological polar surface area (TPSA) is 82.0 Å². The molecule has 1 aromatic carbocycles. The summed E-state index contributed by atoms with van der Waals surface area (Å²) in [4.78, 5) is 13.4. The van der Waals surface area contributed by atoms with E-state index in [4.69, 9.17) is 4.74 Å². The number of nitrogens with one attached hydrogen (secondary N) is 1. The number of carbonyl (C=O) groups is 1. The predicted octanol–water partition coefficient (Wildman–Crippen LogP) is 1.76. The number of likely N-dealkylation sites (tertiary alicyclic amines) is 1. The molecule has 2 fully saturated rings. The van der Waals surface area contributed by atoms with Crippen LogP contribution in [0.3, 0.4) is 0 Å². The second kappa shape index (κ2) is 6.86. The van der Waals surface area contributed by atoms with E-state index in [1.54, 1.807) is 12.1 Å². The number of benzene rings is 1. The molecular weight excluding hydrogens is 296 g/mol. The Bertz CT molecular complexity index is 549. The molecule has 126 valence electrons. The number of rotatable bonds is 4. The fourth-order valence-corrected chi connectivity index (χ4v) is 3.47. The number of nitrogens with zero attached hydrogens (tertiary/aromatic N) is 1. The van der Waals surface area contributed by atoms with Crippen molar-refractivity contribution in [3.05, 3.63) is 29.8 Å². The molecule has 2 saturated heterocycles. The zero-order chi connectivity index (χ0) is 16.3. The molecule has 2 aliphatic heterocycles. The molecule has 6 heteroatoms. The van der Waals surface area contributed by atoms with Crippen LogP contribution >= 0.6 is 0 Å². The minimum atomic E-state index is -0.915. The van der Waals surface area contributed by atoms with Gasteiger partial charge < -0.3 is 20.3 Å². The summed E-state index contributed by atoms with van der Waals surface area (Å²) in [6, 6.07) is 7.23. The highest BCUT2D eigenvalue weighted by Crippen LogP contribution is 2.29. The minimum Gasteiger partial charge on any atom is -0.478 e. The summed E-state index contributed by atoms with van der Waals surface area (Å²) in [6.07, 6.45) is 3.09. The molecule has 0 bridgehead atoms. The zero-order valence-corrected chi connectivity index (χ0v) is 13.2. The molecule has 0 amide bonds. The van der Waals surface area contributed by atoms with Gasteiger partial charge in [-0.3, -0.25) is 4.90 Å². The zero-order valence-electron chi connectivity index (χ0n) is 13.2. The van der Waals surface area contributed by atoms with E-state index in [1.807, 2.05) is 12.1 Å². The standard InChI is InChI=1S/C17H24N2O4/c20-16(21)14-3-1-2-4-15(14)18-13-5-9-19(10-6-13)17(22)7-11-23-12-8-17/h1-4,13,18,22H,5-12H2,(H,20,21). The van der Waals surface area contributed by atoms with Crippen molar-refractivity contribution in [2.24, 2.45) is 0 Å². The lowest BCUT2D eigenvalue weighted by atomic mass is 9.96. The van der Waals surface area contributed by atoms with Crippen LogP contribution in [0, 0.1) is 0 Å². The smallest absolute Gasteiger partial charge is 0.337 e. The van der Waals surface area contributed by atoms with Gasteiger partial charge in [-0.25, -0.2) is 4.79 Å². The van der Waals surface area contributed by atoms with Crippen LogP contribution in [0.2, 0.25) is 0 Å². The Morgan fingerprint density at radius 1 is 1.22 bits per heavy atom. The van der Waals surface area contributed by atoms with Crippen LogP contribution in [0.1, 0.15) is 36.0 Å². The first-order valence-electron chi connectivity index (χ1n) is 8.22. The van der Waals surface area contributed by atoms with E-state index < -0.39 is 11.7 Å². The number of aromatic carboxylic acids is 1. The molecule has 3 N–H and O–H groups in total. The molecule has 0 aliphatic carbocycles. The number of carboxylic acids is 1. The summed E-state index contributed by atoms with van der Waals surface area (Å²) in [6.45, 7) is 2.84. The Morgan fingerprint density at radius 2 is 1.87 bits per heavy atom. The minimum absolute atomic E-state index is 0.232. The van der Waals surface area contributed by atoms with Crippen LogP contribution < -0.4 is 5.32 Å². The number of hydrogen-bond acceptors (Lipinski definition) is 5. The first-order chi connectivity index (χ1) is 11.1. The first kappa shape index (κ1) is 16.2. The molecule has 0 radical (unpaired) electrons. The van der Waals surface area contributed by atoms with Gasteiger partial charge in [-0.05, 0) is 25.0 Å². The monoisotopic (exact) mass is 320 g/mol. The average Bonchev–Trinajstić information content (AvgIpc) is 2.56. The molecule has 2 heterocycles. The lowest BCUT2D eigenvalue weighted by Gasteiger charge is -2.45. The second-order valence-corrected chi connectivity index (χ2v) is 6.35. The summed E-state index contributed by atoms with van der Waals surface area (Å²) in [5, 5.41) is 23.3. The Morgan fingerprint density at radius 3 is 2.52 bits per heavy atom. The number of piperidine rings is 1. The van der Waals surface area contributed by atoms with Crippen LogP contribution in [0.4, 0.5) is 5.69 Å². The molecule has 2 aliphatic rings. The SMILES string of the molecule is O=C(O)c1ccccc1NC1CCN(C2(O)CCOCC2)CC1. The molecule has 6 nitrogen and oxygen atoms in total. The van der Waals surface area contributed by atoms with E-state index in [0.29, 0.717) is 37.3 Å². The van der Waals surface area contributed by atoms with Gasteiger partial charge in [0.15, 0.2) is 0 Å². The Kier molecular flexibility index (Phi) is 4.84. The van der Waals surface area contributed by atoms with Crippen LogP contribution in [0.15, 0.2) is 24.3 Å². The molecule has 23 heavy (non-hydrogen) atoms. The summed E-state index contributed by atoms with van der Waals surface area (Å²) < 4.78 is 5.34. The van der Waals surface area contributed by atoms with Crippen molar-refractivity contribution in [3.63, 3.8) is 0 Å². The predicted molar refractivity (Wildman–Crippen MR) is 86.6 cm³/mol. The van der Waals surface area contributed by atoms with Gasteiger partial charge in [0.25, 0.3) is 0 Å². The van der Waals surface area contributed by atoms with Gasteiger partial charge in [-0.15, -0.1) is 0 Å². The number of anilines is 1. The highest BCUT2D eigenvalue weighted by molar-refractivity contribution is 5.94. The quantitative estimate of drug-likeness (QED) is 0.784. The highest BCUT2D eigenvalue weighted by atomic mass is 16.5. The normalized spacial score (nSPS) is 22.7. The van der Waals surface area contributed by atoms with Crippen LogP contribution in [0.5, 0.6) is 0 Å². The first-order valence-corrected chi connectivity index (χ1v) is 8.22. The molecule has 0 atom stereocenters. The van der Waals surface area contributed by atoms with Gasteiger partial charge in [-0.1, -0.05) is 12.1 Å². The van der Waals surface area contributed by atoms with E-state index in [-0.39, 0.29) is 6.04 Å². The maximum atomic E-state index is 11.3. The van der Waals surface area contributed by atoms with Gasteiger partial charge in [0.2, 0.25) is 0 Å². The summed E-state index contributed by atoms with van der Waals surface area (Å²) in [7, 11) is 0. The maximum absolute atomic E-state index is 11.3. The molecule has 0 saturated carbocycles. The van der Waals surface area contributed by atoms with Crippen molar-refractivity contribution < 1.29 is 19.7 Å². The molecular formula is C17H24N2O4. The molecule has 0 aromatic heterocycles. The van der Waals surface area contributed by atoms with Gasteiger partial charge in [0.1, 0.15) is 5.72 Å². The summed E-state index contributed by atoms with van der Waals surface area (Å²) >= 11 is 0. The van der Waals surface area contributed by atoms with Gasteiger partial charge in [0.05, 0.1) is 18.8 Å². The second-order valence-electron chi connectivity index (χ2n) is 6.35. The molecule has 1 aromatic rings. The maximum Gasteiger partial charge on any atom is 0.337 e. The Labute approximate surface area is 136 Å². The molecule has 0 unspecified atom stereocenters. The number of aliphatic hydroxyl groups is 1. The number of carboxylic acid groups (broad SMARTS) is 1. The fourth-order valence-electron chi connectivity index (χ4n) is 3.47. The van der Waals surface area contributed by atoms with Crippen molar-refractivity contribution in [2.45, 2.75) is 37.5 Å².